The van der Waals surface area contributed by atoms with Crippen LogP contribution in [0.25, 0.3) is 6.08 Å². The Labute approximate surface area is 173 Å². The van der Waals surface area contributed by atoms with Crippen LogP contribution < -0.4 is 10.2 Å². The van der Waals surface area contributed by atoms with Gasteiger partial charge in [0.05, 0.1) is 27.9 Å². The number of amides is 1. The molecule has 10 nitrogen and oxygen atoms in total. The molecule has 1 amide bonds. The summed E-state index contributed by atoms with van der Waals surface area (Å²) >= 11 is 6.21. The van der Waals surface area contributed by atoms with Crippen molar-refractivity contribution in [2.24, 2.45) is 0 Å². The van der Waals surface area contributed by atoms with Gasteiger partial charge < -0.3 is 4.74 Å². The van der Waals surface area contributed by atoms with Crippen molar-refractivity contribution in [1.29, 1.82) is 0 Å². The minimum Gasteiger partial charge on any atom is -0.496 e. The number of non-ortho nitro benzene ring substituents is 1. The molecule has 2 aromatic rings. The Kier molecular flexibility index (Phi) is 5.75. The van der Waals surface area contributed by atoms with Crippen molar-refractivity contribution in [1.82, 2.24) is 5.01 Å². The molecule has 0 aromatic heterocycles. The highest BCUT2D eigenvalue weighted by Gasteiger charge is 2.34. The molecule has 1 fully saturated rings. The topological polar surface area (TPSA) is 128 Å². The molecule has 0 bridgehead atoms. The second-order valence-electron chi connectivity index (χ2n) is 5.59. The van der Waals surface area contributed by atoms with Gasteiger partial charge in [0, 0.05) is 11.6 Å². The quantitative estimate of drug-likeness (QED) is 0.314. The molecule has 3 rings (SSSR count). The first-order valence-electron chi connectivity index (χ1n) is 7.92. The Morgan fingerprint density at radius 3 is 2.55 bits per heavy atom. The summed E-state index contributed by atoms with van der Waals surface area (Å²) in [4.78, 5) is 33.7. The first kappa shape index (κ1) is 20.2. The number of thiocarbonyl (C=S) groups is 1. The lowest BCUT2D eigenvalue weighted by Crippen LogP contribution is -2.34. The van der Waals surface area contributed by atoms with Gasteiger partial charge in [0.15, 0.2) is 4.32 Å². The zero-order chi connectivity index (χ0) is 21.1. The zero-order valence-electron chi connectivity index (χ0n) is 14.7. The monoisotopic (exact) mass is 432 g/mol. The van der Waals surface area contributed by atoms with Gasteiger partial charge in [-0.25, -0.2) is 5.01 Å². The standard InChI is InChI=1S/C17H12N4O6S2/c1-27-14-5-3-2-4-10(14)8-15-16(22)19(17(28)29-15)18-12-7-6-11(20(23)24)9-13(12)21(25)26/h2-9,18H,1H3. The van der Waals surface area contributed by atoms with E-state index >= 15 is 0 Å². The maximum atomic E-state index is 12.7. The number of carbonyl (C=O) groups is 1. The van der Waals surface area contributed by atoms with Crippen LogP contribution in [0.15, 0.2) is 47.4 Å². The van der Waals surface area contributed by atoms with E-state index in [0.29, 0.717) is 11.3 Å². The van der Waals surface area contributed by atoms with Gasteiger partial charge in [0.25, 0.3) is 11.6 Å². The molecule has 1 aliphatic heterocycles. The lowest BCUT2D eigenvalue weighted by atomic mass is 10.2. The number of benzene rings is 2. The van der Waals surface area contributed by atoms with Gasteiger partial charge in [0.2, 0.25) is 0 Å². The van der Waals surface area contributed by atoms with Crippen LogP contribution in [0.2, 0.25) is 0 Å². The lowest BCUT2D eigenvalue weighted by molar-refractivity contribution is -0.393. The fourth-order valence-electron chi connectivity index (χ4n) is 2.49. The first-order valence-corrected chi connectivity index (χ1v) is 9.14. The number of thioether (sulfide) groups is 1. The molecule has 2 aromatic carbocycles. The number of rotatable bonds is 6. The average molecular weight is 432 g/mol. The molecule has 1 aliphatic rings. The van der Waals surface area contributed by atoms with Gasteiger partial charge in [-0.1, -0.05) is 30.0 Å². The number of methoxy groups -OCH3 is 1. The normalized spacial score (nSPS) is 14.9. The van der Waals surface area contributed by atoms with Gasteiger partial charge in [-0.2, -0.15) is 0 Å². The number of nitrogens with zero attached hydrogens (tertiary/aromatic N) is 3. The van der Waals surface area contributed by atoms with Crippen LogP contribution in [-0.4, -0.2) is 32.2 Å². The van der Waals surface area contributed by atoms with Crippen LogP contribution >= 0.6 is 24.0 Å². The SMILES string of the molecule is COc1ccccc1C=C1SC(=S)N(Nc2ccc([N+](=O)[O-])cc2[N+](=O)[O-])C1=O. The Morgan fingerprint density at radius 1 is 1.17 bits per heavy atom. The fourth-order valence-corrected chi connectivity index (χ4v) is 3.66. The van der Waals surface area contributed by atoms with E-state index in [0.717, 1.165) is 35.0 Å². The fraction of sp³-hybridized carbons (Fsp3) is 0.0588. The summed E-state index contributed by atoms with van der Waals surface area (Å²) in [6, 6.07) is 10.1. The summed E-state index contributed by atoms with van der Waals surface area (Å²) in [6.07, 6.45) is 1.60. The molecular weight excluding hydrogens is 420 g/mol. The second kappa shape index (κ2) is 8.24. The van der Waals surface area contributed by atoms with E-state index in [-0.39, 0.29) is 14.9 Å². The largest absolute Gasteiger partial charge is 0.496 e. The molecular formula is C17H12N4O6S2. The van der Waals surface area contributed by atoms with Crippen molar-refractivity contribution in [2.45, 2.75) is 0 Å². The molecule has 0 unspecified atom stereocenters. The number of carbonyl (C=O) groups excluding carboxylic acids is 1. The van der Waals surface area contributed by atoms with Crippen LogP contribution in [0.5, 0.6) is 5.75 Å². The number of para-hydroxylation sites is 1. The van der Waals surface area contributed by atoms with Crippen molar-refractivity contribution < 1.29 is 19.4 Å². The third kappa shape index (κ3) is 4.17. The van der Waals surface area contributed by atoms with Crippen molar-refractivity contribution >= 4 is 57.3 Å². The van der Waals surface area contributed by atoms with Crippen molar-refractivity contribution in [3.63, 3.8) is 0 Å². The Balaban J connectivity index is 1.91. The van der Waals surface area contributed by atoms with Crippen LogP contribution in [0.1, 0.15) is 5.56 Å². The van der Waals surface area contributed by atoms with Gasteiger partial charge >= 0.3 is 5.69 Å². The predicted octanol–water partition coefficient (Wildman–Crippen LogP) is 3.74. The van der Waals surface area contributed by atoms with Crippen LogP contribution in [0.3, 0.4) is 0 Å². The molecule has 0 aliphatic carbocycles. The van der Waals surface area contributed by atoms with Gasteiger partial charge in [-0.3, -0.25) is 30.4 Å². The summed E-state index contributed by atoms with van der Waals surface area (Å²) in [5.74, 6) is 0.0512. The van der Waals surface area contributed by atoms with E-state index in [1.807, 2.05) is 0 Å². The van der Waals surface area contributed by atoms with E-state index in [1.54, 1.807) is 30.3 Å². The number of hydrogen-bond donors (Lipinski definition) is 1. The summed E-state index contributed by atoms with van der Waals surface area (Å²) in [7, 11) is 1.51. The van der Waals surface area contributed by atoms with Crippen LogP contribution in [0.4, 0.5) is 17.1 Å². The number of ether oxygens (including phenoxy) is 1. The number of nitro groups is 2. The van der Waals surface area contributed by atoms with Gasteiger partial charge in [-0.05, 0) is 30.4 Å². The van der Waals surface area contributed by atoms with Crippen LogP contribution in [0, 0.1) is 20.2 Å². The molecule has 0 saturated carbocycles. The van der Waals surface area contributed by atoms with Crippen molar-refractivity contribution in [2.75, 3.05) is 12.5 Å². The number of nitrogens with one attached hydrogen (secondary N) is 1. The predicted molar refractivity (Wildman–Crippen MR) is 111 cm³/mol. The maximum Gasteiger partial charge on any atom is 0.300 e. The van der Waals surface area contributed by atoms with E-state index in [9.17, 15) is 25.0 Å². The van der Waals surface area contributed by atoms with Gasteiger partial charge in [0.1, 0.15) is 11.4 Å². The number of hydrazine groups is 1. The summed E-state index contributed by atoms with van der Waals surface area (Å²) in [5.41, 5.74) is 2.15. The Morgan fingerprint density at radius 2 is 1.90 bits per heavy atom. The van der Waals surface area contributed by atoms with Crippen molar-refractivity contribution in [3.8, 4) is 5.75 Å². The summed E-state index contributed by atoms with van der Waals surface area (Å²) in [6.45, 7) is 0. The minimum atomic E-state index is -0.780. The smallest absolute Gasteiger partial charge is 0.300 e. The molecule has 29 heavy (non-hydrogen) atoms. The third-order valence-electron chi connectivity index (χ3n) is 3.84. The molecule has 1 heterocycles. The lowest BCUT2D eigenvalue weighted by Gasteiger charge is -2.16. The minimum absolute atomic E-state index is 0.101. The number of hydrogen-bond acceptors (Lipinski definition) is 9. The second-order valence-corrected chi connectivity index (χ2v) is 7.26. The molecule has 1 N–H and O–H groups in total. The maximum absolute atomic E-state index is 12.7. The number of nitro benzene ring substituents is 2. The molecule has 12 heteroatoms. The summed E-state index contributed by atoms with van der Waals surface area (Å²) in [5, 5.41) is 23.1. The highest BCUT2D eigenvalue weighted by atomic mass is 32.2. The Bertz CT molecular complexity index is 1070. The molecule has 148 valence electrons. The first-order chi connectivity index (χ1) is 13.8. The van der Waals surface area contributed by atoms with Crippen LogP contribution in [-0.2, 0) is 4.79 Å². The van der Waals surface area contributed by atoms with E-state index in [4.69, 9.17) is 17.0 Å². The van der Waals surface area contributed by atoms with E-state index in [1.165, 1.54) is 7.11 Å². The average Bonchev–Trinajstić information content (AvgIpc) is 2.95. The zero-order valence-corrected chi connectivity index (χ0v) is 16.4. The highest BCUT2D eigenvalue weighted by Crippen LogP contribution is 2.36. The number of anilines is 1. The highest BCUT2D eigenvalue weighted by molar-refractivity contribution is 8.26. The van der Waals surface area contributed by atoms with Gasteiger partial charge in [-0.15, -0.1) is 0 Å². The van der Waals surface area contributed by atoms with E-state index < -0.39 is 27.1 Å². The molecule has 0 spiro atoms. The third-order valence-corrected chi connectivity index (χ3v) is 5.14. The van der Waals surface area contributed by atoms with Crippen molar-refractivity contribution in [3.05, 3.63) is 73.2 Å². The molecule has 0 atom stereocenters. The molecule has 1 saturated heterocycles. The summed E-state index contributed by atoms with van der Waals surface area (Å²) < 4.78 is 5.38. The Hall–Kier alpha value is -3.51. The van der Waals surface area contributed by atoms with E-state index in [2.05, 4.69) is 5.43 Å². The molecule has 0 radical (unpaired) electrons.